The summed E-state index contributed by atoms with van der Waals surface area (Å²) in [6.07, 6.45) is 4.83. The molecule has 2 saturated heterocycles. The van der Waals surface area contributed by atoms with Gasteiger partial charge >= 0.3 is 7.12 Å². The SMILES string of the molecule is CC1(C)OB(c2cnn(C3CN(S(C)(=O)=O)C3)c2)OC1(C)C. The average molecular weight is 327 g/mol. The Hall–Kier alpha value is -0.895. The van der Waals surface area contributed by atoms with E-state index in [0.29, 0.717) is 13.1 Å². The van der Waals surface area contributed by atoms with Crippen LogP contribution in [0.2, 0.25) is 0 Å². The summed E-state index contributed by atoms with van der Waals surface area (Å²) in [6.45, 7) is 8.95. The van der Waals surface area contributed by atoms with Gasteiger partial charge in [-0.1, -0.05) is 0 Å². The highest BCUT2D eigenvalue weighted by molar-refractivity contribution is 7.88. The minimum Gasteiger partial charge on any atom is -0.399 e. The van der Waals surface area contributed by atoms with E-state index >= 15 is 0 Å². The van der Waals surface area contributed by atoms with Crippen molar-refractivity contribution in [3.8, 4) is 0 Å². The summed E-state index contributed by atoms with van der Waals surface area (Å²) in [5, 5.41) is 4.33. The smallest absolute Gasteiger partial charge is 0.399 e. The van der Waals surface area contributed by atoms with Crippen LogP contribution in [-0.4, -0.2) is 60.2 Å². The minimum atomic E-state index is -3.10. The van der Waals surface area contributed by atoms with Crippen molar-refractivity contribution in [1.29, 1.82) is 0 Å². The molecule has 122 valence electrons. The van der Waals surface area contributed by atoms with Crippen molar-refractivity contribution in [1.82, 2.24) is 14.1 Å². The third-order valence-corrected chi connectivity index (χ3v) is 6.05. The van der Waals surface area contributed by atoms with Gasteiger partial charge in [0.05, 0.1) is 23.5 Å². The molecule has 3 heterocycles. The van der Waals surface area contributed by atoms with Crippen molar-refractivity contribution in [2.75, 3.05) is 19.3 Å². The zero-order valence-corrected chi connectivity index (χ0v) is 14.4. The molecule has 0 unspecified atom stereocenters. The van der Waals surface area contributed by atoms with Gasteiger partial charge in [0.2, 0.25) is 10.0 Å². The standard InChI is InChI=1S/C13H22BN3O4S/c1-12(2)13(3,4)21-14(20-12)10-6-15-17(7-10)11-8-16(9-11)22(5,18)19/h6-7,11H,8-9H2,1-5H3. The third-order valence-electron chi connectivity index (χ3n) is 4.82. The maximum atomic E-state index is 11.4. The zero-order valence-electron chi connectivity index (χ0n) is 13.6. The Labute approximate surface area is 131 Å². The number of hydrogen-bond acceptors (Lipinski definition) is 5. The van der Waals surface area contributed by atoms with Crippen LogP contribution in [0, 0.1) is 0 Å². The van der Waals surface area contributed by atoms with Crippen molar-refractivity contribution in [2.45, 2.75) is 44.9 Å². The molecule has 9 heteroatoms. The highest BCUT2D eigenvalue weighted by atomic mass is 32.2. The second-order valence-electron chi connectivity index (χ2n) is 7.08. The second-order valence-corrected chi connectivity index (χ2v) is 9.06. The van der Waals surface area contributed by atoms with Crippen molar-refractivity contribution >= 4 is 22.6 Å². The van der Waals surface area contributed by atoms with E-state index in [1.165, 1.54) is 10.6 Å². The molecule has 0 aliphatic carbocycles. The van der Waals surface area contributed by atoms with Crippen LogP contribution in [0.4, 0.5) is 0 Å². The molecule has 2 fully saturated rings. The first-order valence-electron chi connectivity index (χ1n) is 7.34. The summed E-state index contributed by atoms with van der Waals surface area (Å²) in [7, 11) is -3.54. The molecule has 0 amide bonds. The van der Waals surface area contributed by atoms with E-state index in [4.69, 9.17) is 9.31 Å². The number of rotatable bonds is 3. The predicted octanol–water partition coefficient (Wildman–Crippen LogP) is -0.00140. The van der Waals surface area contributed by atoms with Crippen LogP contribution in [-0.2, 0) is 19.3 Å². The van der Waals surface area contributed by atoms with Gasteiger partial charge in [0.1, 0.15) is 0 Å². The van der Waals surface area contributed by atoms with Crippen LogP contribution < -0.4 is 5.46 Å². The molecule has 0 bridgehead atoms. The Bertz CT molecular complexity index is 663. The fourth-order valence-corrected chi connectivity index (χ4v) is 3.39. The van der Waals surface area contributed by atoms with E-state index in [9.17, 15) is 8.42 Å². The van der Waals surface area contributed by atoms with Gasteiger partial charge in [0.15, 0.2) is 0 Å². The van der Waals surface area contributed by atoms with Gasteiger partial charge in [-0.25, -0.2) is 8.42 Å². The van der Waals surface area contributed by atoms with Gasteiger partial charge in [-0.2, -0.15) is 9.40 Å². The van der Waals surface area contributed by atoms with E-state index in [2.05, 4.69) is 5.10 Å². The summed E-state index contributed by atoms with van der Waals surface area (Å²) in [6, 6.07) is 0.0749. The van der Waals surface area contributed by atoms with Crippen LogP contribution in [0.5, 0.6) is 0 Å². The Morgan fingerprint density at radius 1 is 1.23 bits per heavy atom. The monoisotopic (exact) mass is 327 g/mol. The Morgan fingerprint density at radius 2 is 1.77 bits per heavy atom. The van der Waals surface area contributed by atoms with E-state index in [0.717, 1.165) is 5.46 Å². The van der Waals surface area contributed by atoms with Gasteiger partial charge in [-0.3, -0.25) is 4.68 Å². The first-order valence-corrected chi connectivity index (χ1v) is 9.19. The first kappa shape index (κ1) is 16.0. The molecule has 1 aromatic rings. The maximum Gasteiger partial charge on any atom is 0.498 e. The summed E-state index contributed by atoms with van der Waals surface area (Å²) < 4.78 is 38.0. The molecule has 0 aromatic carbocycles. The molecule has 22 heavy (non-hydrogen) atoms. The van der Waals surface area contributed by atoms with Crippen molar-refractivity contribution < 1.29 is 17.7 Å². The fraction of sp³-hybridized carbons (Fsp3) is 0.769. The molecule has 1 aromatic heterocycles. The molecule has 3 rings (SSSR count). The topological polar surface area (TPSA) is 73.7 Å². The van der Waals surface area contributed by atoms with Gasteiger partial charge in [-0.15, -0.1) is 0 Å². The Kier molecular flexibility index (Phi) is 3.49. The highest BCUT2D eigenvalue weighted by Crippen LogP contribution is 2.36. The second kappa shape index (κ2) is 4.80. The molecule has 2 aliphatic rings. The molecule has 0 spiro atoms. The quantitative estimate of drug-likeness (QED) is 0.731. The zero-order chi connectivity index (χ0) is 16.3. The summed E-state index contributed by atoms with van der Waals surface area (Å²) in [5.41, 5.74) is 0.0866. The number of sulfonamides is 1. The number of nitrogens with zero attached hydrogens (tertiary/aromatic N) is 3. The molecule has 0 saturated carbocycles. The first-order chi connectivity index (χ1) is 9.99. The van der Waals surface area contributed by atoms with Crippen LogP contribution in [0.1, 0.15) is 33.7 Å². The lowest BCUT2D eigenvalue weighted by Gasteiger charge is -2.37. The average Bonchev–Trinajstić information content (AvgIpc) is 2.79. The fourth-order valence-electron chi connectivity index (χ4n) is 2.51. The van der Waals surface area contributed by atoms with Crippen LogP contribution in [0.3, 0.4) is 0 Å². The van der Waals surface area contributed by atoms with Gasteiger partial charge in [0.25, 0.3) is 0 Å². The normalized spacial score (nSPS) is 25.4. The van der Waals surface area contributed by atoms with Crippen LogP contribution in [0.15, 0.2) is 12.4 Å². The van der Waals surface area contributed by atoms with E-state index in [1.54, 1.807) is 10.9 Å². The summed E-state index contributed by atoms with van der Waals surface area (Å²) >= 11 is 0. The molecule has 0 radical (unpaired) electrons. The molecule has 0 N–H and O–H groups in total. The Morgan fingerprint density at radius 3 is 2.27 bits per heavy atom. The predicted molar refractivity (Wildman–Crippen MR) is 83.4 cm³/mol. The van der Waals surface area contributed by atoms with Gasteiger partial charge < -0.3 is 9.31 Å². The van der Waals surface area contributed by atoms with E-state index < -0.39 is 17.1 Å². The van der Waals surface area contributed by atoms with Crippen molar-refractivity contribution in [2.24, 2.45) is 0 Å². The largest absolute Gasteiger partial charge is 0.498 e. The van der Waals surface area contributed by atoms with Gasteiger partial charge in [-0.05, 0) is 27.7 Å². The number of aromatic nitrogens is 2. The van der Waals surface area contributed by atoms with Crippen LogP contribution in [0.25, 0.3) is 0 Å². The number of hydrogen-bond donors (Lipinski definition) is 0. The minimum absolute atomic E-state index is 0.0749. The lowest BCUT2D eigenvalue weighted by atomic mass is 9.82. The Balaban J connectivity index is 1.69. The van der Waals surface area contributed by atoms with E-state index in [1.807, 2.05) is 33.9 Å². The third kappa shape index (κ3) is 2.60. The molecule has 2 aliphatic heterocycles. The molecule has 0 atom stereocenters. The maximum absolute atomic E-state index is 11.4. The van der Waals surface area contributed by atoms with Gasteiger partial charge in [0, 0.05) is 30.9 Å². The highest BCUT2D eigenvalue weighted by Gasteiger charge is 2.52. The summed E-state index contributed by atoms with van der Waals surface area (Å²) in [5.74, 6) is 0. The molecule has 7 nitrogen and oxygen atoms in total. The van der Waals surface area contributed by atoms with E-state index in [-0.39, 0.29) is 17.2 Å². The van der Waals surface area contributed by atoms with Crippen LogP contribution >= 0.6 is 0 Å². The lowest BCUT2D eigenvalue weighted by Crippen LogP contribution is -2.50. The van der Waals surface area contributed by atoms with Crippen molar-refractivity contribution in [3.63, 3.8) is 0 Å². The molecular formula is C13H22BN3O4S. The summed E-state index contributed by atoms with van der Waals surface area (Å²) in [4.78, 5) is 0. The lowest BCUT2D eigenvalue weighted by molar-refractivity contribution is 0.00578. The van der Waals surface area contributed by atoms with Crippen molar-refractivity contribution in [3.05, 3.63) is 12.4 Å². The molecular weight excluding hydrogens is 305 g/mol.